The van der Waals surface area contributed by atoms with Gasteiger partial charge in [-0.15, -0.1) is 5.10 Å². The summed E-state index contributed by atoms with van der Waals surface area (Å²) in [5.41, 5.74) is 3.02. The van der Waals surface area contributed by atoms with Gasteiger partial charge in [0.1, 0.15) is 5.69 Å². The fourth-order valence-corrected chi connectivity index (χ4v) is 1.66. The number of hydrogen-bond acceptors (Lipinski definition) is 3. The second-order valence-corrected chi connectivity index (χ2v) is 3.58. The normalized spacial score (nSPS) is 10.4. The predicted octanol–water partition coefficient (Wildman–Crippen LogP) is 2.33. The number of benzene rings is 1. The van der Waals surface area contributed by atoms with Crippen LogP contribution in [0.25, 0.3) is 22.6 Å². The van der Waals surface area contributed by atoms with Crippen LogP contribution < -0.4 is 0 Å². The Morgan fingerprint density at radius 3 is 2.65 bits per heavy atom. The molecule has 3 aromatic rings. The van der Waals surface area contributed by atoms with E-state index in [1.807, 2.05) is 30.3 Å². The van der Waals surface area contributed by atoms with Crippen LogP contribution >= 0.6 is 0 Å². The number of nitrogens with zero attached hydrogens (tertiary/aromatic N) is 3. The highest BCUT2D eigenvalue weighted by atomic mass is 15.2. The van der Waals surface area contributed by atoms with Crippen molar-refractivity contribution in [3.05, 3.63) is 55.0 Å². The quantitative estimate of drug-likeness (QED) is 0.722. The second-order valence-electron chi connectivity index (χ2n) is 3.58. The van der Waals surface area contributed by atoms with Crippen LogP contribution in [-0.4, -0.2) is 20.2 Å². The zero-order valence-electron chi connectivity index (χ0n) is 8.96. The van der Waals surface area contributed by atoms with Gasteiger partial charge in [0.25, 0.3) is 0 Å². The minimum absolute atomic E-state index is 0.628. The SMILES string of the molecule is [c]1n[nH]c(-c2cc(-c3ccccc3)ccn2)n1. The second kappa shape index (κ2) is 4.17. The van der Waals surface area contributed by atoms with Crippen LogP contribution in [0.3, 0.4) is 0 Å². The highest BCUT2D eigenvalue weighted by molar-refractivity contribution is 5.67. The van der Waals surface area contributed by atoms with E-state index in [1.54, 1.807) is 6.20 Å². The zero-order valence-corrected chi connectivity index (χ0v) is 8.96. The Hall–Kier alpha value is -2.49. The molecule has 0 aliphatic carbocycles. The summed E-state index contributed by atoms with van der Waals surface area (Å²) in [6.45, 7) is 0. The maximum Gasteiger partial charge on any atom is 0.221 e. The van der Waals surface area contributed by atoms with Gasteiger partial charge in [0.15, 0.2) is 5.82 Å². The van der Waals surface area contributed by atoms with Gasteiger partial charge in [-0.05, 0) is 23.3 Å². The molecule has 0 unspecified atom stereocenters. The minimum Gasteiger partial charge on any atom is -0.257 e. The van der Waals surface area contributed by atoms with E-state index in [0.717, 1.165) is 16.8 Å². The maximum atomic E-state index is 4.25. The molecule has 2 aromatic heterocycles. The maximum absolute atomic E-state index is 4.25. The van der Waals surface area contributed by atoms with Gasteiger partial charge in [-0.2, -0.15) is 0 Å². The van der Waals surface area contributed by atoms with Gasteiger partial charge in [0, 0.05) is 6.20 Å². The Kier molecular flexibility index (Phi) is 2.38. The van der Waals surface area contributed by atoms with Crippen molar-refractivity contribution in [2.45, 2.75) is 0 Å². The molecule has 17 heavy (non-hydrogen) atoms. The summed E-state index contributed by atoms with van der Waals surface area (Å²) < 4.78 is 0. The minimum atomic E-state index is 0.628. The van der Waals surface area contributed by atoms with Crippen molar-refractivity contribution in [2.24, 2.45) is 0 Å². The lowest BCUT2D eigenvalue weighted by Crippen LogP contribution is -1.87. The van der Waals surface area contributed by atoms with Crippen molar-refractivity contribution in [3.8, 4) is 22.6 Å². The third-order valence-corrected chi connectivity index (χ3v) is 2.48. The number of pyridine rings is 1. The summed E-state index contributed by atoms with van der Waals surface area (Å²) in [7, 11) is 0. The van der Waals surface area contributed by atoms with E-state index in [0.29, 0.717) is 5.82 Å². The third-order valence-electron chi connectivity index (χ3n) is 2.48. The molecule has 4 nitrogen and oxygen atoms in total. The highest BCUT2D eigenvalue weighted by Crippen LogP contribution is 2.21. The first-order valence-corrected chi connectivity index (χ1v) is 5.24. The van der Waals surface area contributed by atoms with Gasteiger partial charge in [-0.1, -0.05) is 30.3 Å². The molecule has 0 saturated heterocycles. The van der Waals surface area contributed by atoms with Crippen LogP contribution in [0.5, 0.6) is 0 Å². The first kappa shape index (κ1) is 9.72. The summed E-state index contributed by atoms with van der Waals surface area (Å²) in [4.78, 5) is 8.22. The predicted molar refractivity (Wildman–Crippen MR) is 63.9 cm³/mol. The van der Waals surface area contributed by atoms with Crippen LogP contribution in [-0.2, 0) is 0 Å². The topological polar surface area (TPSA) is 54.5 Å². The number of H-pyrrole nitrogens is 1. The Bertz CT molecular complexity index is 602. The Morgan fingerprint density at radius 2 is 1.88 bits per heavy atom. The van der Waals surface area contributed by atoms with E-state index >= 15 is 0 Å². The van der Waals surface area contributed by atoms with Crippen molar-refractivity contribution in [1.82, 2.24) is 20.2 Å². The van der Waals surface area contributed by atoms with Crippen molar-refractivity contribution in [3.63, 3.8) is 0 Å². The molecule has 3 rings (SSSR count). The molecular formula is C13H9N4. The number of aromatic nitrogens is 4. The average molecular weight is 221 g/mol. The molecule has 1 radical (unpaired) electrons. The van der Waals surface area contributed by atoms with Gasteiger partial charge >= 0.3 is 0 Å². The van der Waals surface area contributed by atoms with E-state index in [2.05, 4.69) is 38.6 Å². The van der Waals surface area contributed by atoms with Crippen molar-refractivity contribution in [1.29, 1.82) is 0 Å². The van der Waals surface area contributed by atoms with E-state index in [4.69, 9.17) is 0 Å². The Labute approximate surface area is 98.4 Å². The Balaban J connectivity index is 2.06. The molecular weight excluding hydrogens is 212 g/mol. The van der Waals surface area contributed by atoms with Gasteiger partial charge < -0.3 is 0 Å². The first-order valence-electron chi connectivity index (χ1n) is 5.24. The zero-order chi connectivity index (χ0) is 11.5. The van der Waals surface area contributed by atoms with Crippen molar-refractivity contribution < 1.29 is 0 Å². The van der Waals surface area contributed by atoms with Gasteiger partial charge in [-0.3, -0.25) is 10.1 Å². The molecule has 81 valence electrons. The number of nitrogens with one attached hydrogen (secondary N) is 1. The lowest BCUT2D eigenvalue weighted by molar-refractivity contribution is 1.08. The van der Waals surface area contributed by atoms with E-state index in [9.17, 15) is 0 Å². The Morgan fingerprint density at radius 1 is 1.00 bits per heavy atom. The summed E-state index contributed by atoms with van der Waals surface area (Å²) in [6.07, 6.45) is 4.26. The average Bonchev–Trinajstić information content (AvgIpc) is 2.94. The molecule has 4 heteroatoms. The van der Waals surface area contributed by atoms with Crippen LogP contribution in [0.1, 0.15) is 0 Å². The van der Waals surface area contributed by atoms with Gasteiger partial charge in [-0.25, -0.2) is 4.98 Å². The standard InChI is InChI=1S/C13H9N4/c1-2-4-10(5-3-1)11-6-7-14-12(8-11)13-15-9-16-17-13/h1-8H,(H,15,16,17). The first-order chi connectivity index (χ1) is 8.43. The molecule has 1 aromatic carbocycles. The highest BCUT2D eigenvalue weighted by Gasteiger charge is 2.04. The summed E-state index contributed by atoms with van der Waals surface area (Å²) in [5.74, 6) is 0.628. The van der Waals surface area contributed by atoms with Crippen LogP contribution in [0.4, 0.5) is 0 Å². The molecule has 1 N–H and O–H groups in total. The monoisotopic (exact) mass is 221 g/mol. The summed E-state index contributed by atoms with van der Waals surface area (Å²) in [5, 5.41) is 6.45. The molecule has 0 aliphatic heterocycles. The van der Waals surface area contributed by atoms with E-state index in [1.165, 1.54) is 0 Å². The lowest BCUT2D eigenvalue weighted by Gasteiger charge is -2.02. The number of hydrogen-bond donors (Lipinski definition) is 1. The molecule has 0 atom stereocenters. The van der Waals surface area contributed by atoms with Crippen LogP contribution in [0, 0.1) is 6.33 Å². The fraction of sp³-hybridized carbons (Fsp3) is 0. The fourth-order valence-electron chi connectivity index (χ4n) is 1.66. The van der Waals surface area contributed by atoms with Crippen LogP contribution in [0.15, 0.2) is 48.7 Å². The van der Waals surface area contributed by atoms with Gasteiger partial charge in [0.05, 0.1) is 0 Å². The molecule has 2 heterocycles. The third kappa shape index (κ3) is 1.92. The smallest absolute Gasteiger partial charge is 0.221 e. The van der Waals surface area contributed by atoms with Crippen LogP contribution in [0.2, 0.25) is 0 Å². The van der Waals surface area contributed by atoms with Crippen molar-refractivity contribution >= 4 is 0 Å². The lowest BCUT2D eigenvalue weighted by atomic mass is 10.1. The molecule has 0 spiro atoms. The molecule has 0 aliphatic rings. The molecule has 0 fully saturated rings. The molecule has 0 saturated carbocycles. The van der Waals surface area contributed by atoms with Crippen molar-refractivity contribution in [2.75, 3.05) is 0 Å². The molecule has 0 amide bonds. The number of aromatic amines is 1. The van der Waals surface area contributed by atoms with E-state index in [-0.39, 0.29) is 0 Å². The largest absolute Gasteiger partial charge is 0.257 e. The summed E-state index contributed by atoms with van der Waals surface area (Å²) in [6, 6.07) is 14.1. The summed E-state index contributed by atoms with van der Waals surface area (Å²) >= 11 is 0. The molecule has 0 bridgehead atoms. The van der Waals surface area contributed by atoms with Gasteiger partial charge in [0.2, 0.25) is 6.33 Å². The number of rotatable bonds is 2. The van der Waals surface area contributed by atoms with E-state index < -0.39 is 0 Å².